The van der Waals surface area contributed by atoms with Crippen LogP contribution in [0.15, 0.2) is 0 Å². The van der Waals surface area contributed by atoms with Crippen LogP contribution in [0.4, 0.5) is 4.79 Å². The summed E-state index contributed by atoms with van der Waals surface area (Å²) in [6.45, 7) is 14.2. The number of carbonyl (C=O) groups excluding carboxylic acids is 1. The molecule has 0 aliphatic heterocycles. The second-order valence-corrected chi connectivity index (χ2v) is 16.3. The number of ether oxygens (including phenoxy) is 1. The fourth-order valence-corrected chi connectivity index (χ4v) is 12.3. The molecule has 6 heteroatoms. The average molecular weight is 544 g/mol. The van der Waals surface area contributed by atoms with Crippen LogP contribution in [-0.4, -0.2) is 40.5 Å². The zero-order chi connectivity index (χ0) is 28.2. The van der Waals surface area contributed by atoms with Crippen molar-refractivity contribution in [2.45, 2.75) is 137 Å². The molecular formula is C33H53NO5. The minimum atomic E-state index is -0.658. The van der Waals surface area contributed by atoms with Crippen molar-refractivity contribution < 1.29 is 24.5 Å². The van der Waals surface area contributed by atoms with Gasteiger partial charge in [0.05, 0.1) is 11.5 Å². The van der Waals surface area contributed by atoms with Crippen LogP contribution in [0.25, 0.3) is 0 Å². The van der Waals surface area contributed by atoms with Gasteiger partial charge in [0.25, 0.3) is 0 Å². The highest BCUT2D eigenvalue weighted by Gasteiger charge is 2.72. The number of carboxylic acid groups (broad SMARTS) is 1. The van der Waals surface area contributed by atoms with Crippen LogP contribution < -0.4 is 5.32 Å². The van der Waals surface area contributed by atoms with Crippen molar-refractivity contribution in [1.82, 2.24) is 5.32 Å². The molecule has 39 heavy (non-hydrogen) atoms. The third-order valence-corrected chi connectivity index (χ3v) is 14.6. The number of rotatable bonds is 4. The monoisotopic (exact) mass is 543 g/mol. The molecule has 0 radical (unpaired) electrons. The number of hydrogen-bond acceptors (Lipinski definition) is 4. The predicted molar refractivity (Wildman–Crippen MR) is 150 cm³/mol. The van der Waals surface area contributed by atoms with E-state index in [0.717, 1.165) is 77.0 Å². The third-order valence-electron chi connectivity index (χ3n) is 14.6. The van der Waals surface area contributed by atoms with Crippen molar-refractivity contribution >= 4 is 12.1 Å². The van der Waals surface area contributed by atoms with Crippen molar-refractivity contribution in [3.8, 4) is 0 Å². The van der Waals surface area contributed by atoms with E-state index >= 15 is 0 Å². The van der Waals surface area contributed by atoms with Crippen molar-refractivity contribution in [3.05, 3.63) is 0 Å². The van der Waals surface area contributed by atoms with Gasteiger partial charge in [-0.2, -0.15) is 0 Å². The lowest BCUT2D eigenvalue weighted by atomic mass is 9.32. The first-order valence-electron chi connectivity index (χ1n) is 16.1. The number of alkyl carbamates (subject to hydrolysis) is 1. The molecule has 11 unspecified atom stereocenters. The van der Waals surface area contributed by atoms with E-state index < -0.39 is 17.5 Å². The van der Waals surface area contributed by atoms with Crippen LogP contribution in [0.1, 0.15) is 119 Å². The van der Waals surface area contributed by atoms with Crippen molar-refractivity contribution in [2.75, 3.05) is 0 Å². The minimum absolute atomic E-state index is 0.0539. The molecule has 6 saturated carbocycles. The molecule has 0 heterocycles. The number of nitrogens with one attached hydrogen (secondary N) is 1. The summed E-state index contributed by atoms with van der Waals surface area (Å²) in [6, 6.07) is 0.310. The van der Waals surface area contributed by atoms with Gasteiger partial charge in [0.2, 0.25) is 0 Å². The van der Waals surface area contributed by atoms with E-state index in [1.54, 1.807) is 0 Å². The average Bonchev–Trinajstić information content (AvgIpc) is 3.56. The first-order valence-corrected chi connectivity index (χ1v) is 16.1. The molecule has 0 bridgehead atoms. The molecule has 1 amide bonds. The van der Waals surface area contributed by atoms with E-state index in [4.69, 9.17) is 4.74 Å². The van der Waals surface area contributed by atoms with Gasteiger partial charge in [-0.1, -0.05) is 34.6 Å². The molecule has 3 N–H and O–H groups in total. The van der Waals surface area contributed by atoms with Gasteiger partial charge in [-0.15, -0.1) is 0 Å². The molecule has 220 valence electrons. The highest BCUT2D eigenvalue weighted by atomic mass is 16.6. The van der Waals surface area contributed by atoms with E-state index in [2.05, 4.69) is 39.9 Å². The van der Waals surface area contributed by atoms with Crippen LogP contribution in [0, 0.1) is 56.7 Å². The van der Waals surface area contributed by atoms with E-state index in [0.29, 0.717) is 23.8 Å². The summed E-state index contributed by atoms with van der Waals surface area (Å²) < 4.78 is 6.10. The van der Waals surface area contributed by atoms with Crippen LogP contribution >= 0.6 is 0 Å². The zero-order valence-corrected chi connectivity index (χ0v) is 25.2. The molecule has 0 spiro atoms. The van der Waals surface area contributed by atoms with Gasteiger partial charge >= 0.3 is 12.1 Å². The fourth-order valence-electron chi connectivity index (χ4n) is 12.3. The normalized spacial score (nSPS) is 50.9. The Bertz CT molecular complexity index is 1020. The summed E-state index contributed by atoms with van der Waals surface area (Å²) in [5, 5.41) is 24.4. The summed E-state index contributed by atoms with van der Waals surface area (Å²) in [5.41, 5.74) is -0.342. The summed E-state index contributed by atoms with van der Waals surface area (Å²) in [6.07, 6.45) is 11.2. The number of aliphatic hydroxyl groups excluding tert-OH is 1. The molecule has 0 aromatic heterocycles. The summed E-state index contributed by atoms with van der Waals surface area (Å²) >= 11 is 0. The predicted octanol–water partition coefficient (Wildman–Crippen LogP) is 6.79. The Balaban J connectivity index is 1.29. The Morgan fingerprint density at radius 2 is 1.54 bits per heavy atom. The van der Waals surface area contributed by atoms with Gasteiger partial charge in [-0.05, 0) is 130 Å². The second-order valence-electron chi connectivity index (χ2n) is 16.3. The van der Waals surface area contributed by atoms with Crippen molar-refractivity contribution in [2.24, 2.45) is 56.7 Å². The van der Waals surface area contributed by atoms with Crippen LogP contribution in [0.3, 0.4) is 0 Å². The molecule has 0 saturated heterocycles. The van der Waals surface area contributed by atoms with Gasteiger partial charge in [0.15, 0.2) is 0 Å². The van der Waals surface area contributed by atoms with Gasteiger partial charge in [-0.3, -0.25) is 4.79 Å². The van der Waals surface area contributed by atoms with E-state index in [-0.39, 0.29) is 45.7 Å². The fraction of sp³-hybridized carbons (Fsp3) is 0.939. The maximum absolute atomic E-state index is 12.8. The van der Waals surface area contributed by atoms with Gasteiger partial charge in [0, 0.05) is 11.5 Å². The largest absolute Gasteiger partial charge is 0.481 e. The maximum atomic E-state index is 12.8. The first-order chi connectivity index (χ1) is 18.2. The molecule has 6 rings (SSSR count). The smallest absolute Gasteiger partial charge is 0.407 e. The Hall–Kier alpha value is -1.30. The number of fused-ring (bicyclic) bond motifs is 7. The topological polar surface area (TPSA) is 95.9 Å². The number of carboxylic acids is 1. The summed E-state index contributed by atoms with van der Waals surface area (Å²) in [5.74, 6) is 0.966. The molecule has 11 atom stereocenters. The summed E-state index contributed by atoms with van der Waals surface area (Å²) in [4.78, 5) is 25.4. The van der Waals surface area contributed by atoms with E-state index in [9.17, 15) is 19.8 Å². The van der Waals surface area contributed by atoms with Crippen molar-refractivity contribution in [3.63, 3.8) is 0 Å². The molecule has 0 aromatic rings. The Labute approximate surface area is 235 Å². The third kappa shape index (κ3) is 3.74. The quantitative estimate of drug-likeness (QED) is 0.363. The van der Waals surface area contributed by atoms with Gasteiger partial charge in [-0.25, -0.2) is 4.79 Å². The van der Waals surface area contributed by atoms with E-state index in [1.807, 2.05) is 6.92 Å². The number of aliphatic carboxylic acids is 1. The zero-order valence-electron chi connectivity index (χ0n) is 25.2. The first kappa shape index (κ1) is 27.8. The lowest BCUT2D eigenvalue weighted by molar-refractivity contribution is -0.250. The highest BCUT2D eigenvalue weighted by molar-refractivity contribution is 5.76. The molecule has 6 nitrogen and oxygen atoms in total. The lowest BCUT2D eigenvalue weighted by Gasteiger charge is -2.72. The number of carbonyl (C=O) groups is 2. The number of aliphatic hydroxyl groups is 1. The maximum Gasteiger partial charge on any atom is 0.407 e. The van der Waals surface area contributed by atoms with Gasteiger partial charge < -0.3 is 20.3 Å². The molecule has 6 fully saturated rings. The molecule has 6 aliphatic rings. The lowest BCUT2D eigenvalue weighted by Crippen LogP contribution is -2.67. The molecule has 0 aromatic carbocycles. The van der Waals surface area contributed by atoms with Gasteiger partial charge in [0.1, 0.15) is 6.10 Å². The van der Waals surface area contributed by atoms with Crippen LogP contribution in [0.5, 0.6) is 0 Å². The molecular weight excluding hydrogens is 490 g/mol. The van der Waals surface area contributed by atoms with Crippen molar-refractivity contribution in [1.29, 1.82) is 0 Å². The van der Waals surface area contributed by atoms with Crippen LogP contribution in [0.2, 0.25) is 0 Å². The van der Waals surface area contributed by atoms with Crippen LogP contribution in [-0.2, 0) is 9.53 Å². The standard InChI is InChI=1S/C33H53NO5/c1-19(35)21-11-16-33(27(36)37)18-17-31(5)22(26(21)33)9-10-24-30(4)14-13-25(39-28(38)34-20-7-8-20)29(2,3)23(30)12-15-32(24,31)6/h19-26,35H,7-18H2,1-6H3,(H,34,38)(H,36,37). The summed E-state index contributed by atoms with van der Waals surface area (Å²) in [7, 11) is 0. The highest BCUT2D eigenvalue weighted by Crippen LogP contribution is 2.77. The van der Waals surface area contributed by atoms with E-state index in [1.165, 1.54) is 0 Å². The molecule has 6 aliphatic carbocycles. The Morgan fingerprint density at radius 1 is 0.821 bits per heavy atom. The Morgan fingerprint density at radius 3 is 2.18 bits per heavy atom. The minimum Gasteiger partial charge on any atom is -0.481 e. The second kappa shape index (κ2) is 8.85. The SMILES string of the molecule is CC(O)C1CCC2(C(=O)O)CCC3(C)C(CCC4C5(C)CCC(OC(=O)NC6CC6)C(C)(C)C5CCC43C)C12. The number of hydrogen-bond donors (Lipinski definition) is 3. The number of amides is 1. The Kier molecular flexibility index (Phi) is 6.32.